The quantitative estimate of drug-likeness (QED) is 0.879. The van der Waals surface area contributed by atoms with Gasteiger partial charge in [-0.15, -0.1) is 0 Å². The number of aromatic amines is 1. The molecule has 2 heterocycles. The number of methoxy groups -OCH3 is 1. The van der Waals surface area contributed by atoms with Gasteiger partial charge < -0.3 is 14.6 Å². The van der Waals surface area contributed by atoms with E-state index in [1.807, 2.05) is 25.1 Å². The Hall–Kier alpha value is -2.89. The second-order valence-electron chi connectivity index (χ2n) is 5.63. The van der Waals surface area contributed by atoms with E-state index in [1.165, 1.54) is 0 Å². The van der Waals surface area contributed by atoms with E-state index in [1.54, 1.807) is 18.1 Å². The van der Waals surface area contributed by atoms with Crippen LogP contribution in [0.3, 0.4) is 0 Å². The molecular formula is C18H20N4O2. The normalized spacial score (nSPS) is 17.9. The number of hydrogen-bond donors (Lipinski definition) is 1. The Kier molecular flexibility index (Phi) is 4.20. The minimum absolute atomic E-state index is 0.126. The molecule has 0 bridgehead atoms. The fourth-order valence-electron chi connectivity index (χ4n) is 3.12. The van der Waals surface area contributed by atoms with E-state index in [4.69, 9.17) is 4.74 Å². The van der Waals surface area contributed by atoms with Crippen LogP contribution in [0.1, 0.15) is 24.0 Å². The van der Waals surface area contributed by atoms with Crippen LogP contribution in [0, 0.1) is 0 Å². The van der Waals surface area contributed by atoms with Gasteiger partial charge in [0.15, 0.2) is 5.82 Å². The van der Waals surface area contributed by atoms with Crippen molar-refractivity contribution in [3.8, 4) is 5.75 Å². The van der Waals surface area contributed by atoms with Crippen LogP contribution >= 0.6 is 0 Å². The first-order valence-electron chi connectivity index (χ1n) is 7.76. The molecule has 1 amide bonds. The molecule has 3 rings (SSSR count). The molecular weight excluding hydrogens is 304 g/mol. The van der Waals surface area contributed by atoms with Crippen molar-refractivity contribution in [2.75, 3.05) is 13.7 Å². The molecule has 0 aliphatic carbocycles. The fraction of sp³-hybridized carbons (Fsp3) is 0.278. The summed E-state index contributed by atoms with van der Waals surface area (Å²) in [6.07, 6.45) is 2.40. The highest BCUT2D eigenvalue weighted by Gasteiger charge is 2.30. The first-order valence-corrected chi connectivity index (χ1v) is 7.76. The van der Waals surface area contributed by atoms with E-state index in [0.29, 0.717) is 30.1 Å². The molecule has 0 radical (unpaired) electrons. The van der Waals surface area contributed by atoms with Crippen LogP contribution in [0.2, 0.25) is 0 Å². The van der Waals surface area contributed by atoms with Crippen LogP contribution in [0.5, 0.6) is 5.75 Å². The summed E-state index contributed by atoms with van der Waals surface area (Å²) in [4.78, 5) is 26.3. The van der Waals surface area contributed by atoms with Crippen molar-refractivity contribution >= 4 is 23.7 Å². The molecule has 1 aliphatic rings. The van der Waals surface area contributed by atoms with Gasteiger partial charge >= 0.3 is 0 Å². The van der Waals surface area contributed by atoms with E-state index in [0.717, 1.165) is 16.8 Å². The number of H-pyrrole nitrogens is 1. The molecule has 0 fully saturated rings. The lowest BCUT2D eigenvalue weighted by atomic mass is 9.98. The Morgan fingerprint density at radius 1 is 1.54 bits per heavy atom. The molecule has 0 spiro atoms. The first-order chi connectivity index (χ1) is 11.6. The van der Waals surface area contributed by atoms with E-state index in [2.05, 4.69) is 28.3 Å². The number of benzene rings is 1. The van der Waals surface area contributed by atoms with Crippen molar-refractivity contribution in [3.63, 3.8) is 0 Å². The maximum absolute atomic E-state index is 12.9. The van der Waals surface area contributed by atoms with E-state index in [9.17, 15) is 4.79 Å². The number of aliphatic imine (C=N–C) groups is 1. The van der Waals surface area contributed by atoms with Crippen LogP contribution in [0.15, 0.2) is 47.1 Å². The number of amides is 1. The van der Waals surface area contributed by atoms with Crippen molar-refractivity contribution in [3.05, 3.63) is 47.9 Å². The van der Waals surface area contributed by atoms with Crippen LogP contribution in [0.4, 0.5) is 0 Å². The molecule has 6 heteroatoms. The zero-order valence-corrected chi connectivity index (χ0v) is 13.9. The number of imidazole rings is 1. The number of rotatable bonds is 4. The van der Waals surface area contributed by atoms with E-state index in [-0.39, 0.29) is 11.9 Å². The summed E-state index contributed by atoms with van der Waals surface area (Å²) in [6.45, 7) is 9.96. The lowest BCUT2D eigenvalue weighted by Crippen LogP contribution is -2.43. The molecule has 0 saturated heterocycles. The van der Waals surface area contributed by atoms with Gasteiger partial charge in [0.2, 0.25) is 0 Å². The minimum atomic E-state index is -0.150. The summed E-state index contributed by atoms with van der Waals surface area (Å²) in [6, 6.07) is 5.43. The van der Waals surface area contributed by atoms with Gasteiger partial charge in [-0.2, -0.15) is 0 Å². The molecule has 1 N–H and O–H groups in total. The van der Waals surface area contributed by atoms with Gasteiger partial charge in [0.05, 0.1) is 18.7 Å². The number of carbonyl (C=O) groups is 1. The van der Waals surface area contributed by atoms with Gasteiger partial charge in [-0.05, 0) is 31.3 Å². The van der Waals surface area contributed by atoms with Gasteiger partial charge in [0.1, 0.15) is 11.3 Å². The van der Waals surface area contributed by atoms with E-state index >= 15 is 0 Å². The Labute approximate surface area is 140 Å². The van der Waals surface area contributed by atoms with Crippen LogP contribution in [-0.2, 0) is 0 Å². The van der Waals surface area contributed by atoms with Gasteiger partial charge in [-0.1, -0.05) is 18.7 Å². The van der Waals surface area contributed by atoms with Crippen molar-refractivity contribution in [2.24, 2.45) is 4.99 Å². The molecule has 1 aromatic heterocycles. The predicted molar refractivity (Wildman–Crippen MR) is 94.5 cm³/mol. The monoisotopic (exact) mass is 324 g/mol. The molecule has 0 unspecified atom stereocenters. The summed E-state index contributed by atoms with van der Waals surface area (Å²) in [5.74, 6) is 0.794. The summed E-state index contributed by atoms with van der Waals surface area (Å²) >= 11 is 0. The third-order valence-corrected chi connectivity index (χ3v) is 4.41. The highest BCUT2D eigenvalue weighted by Crippen LogP contribution is 2.28. The third-order valence-electron chi connectivity index (χ3n) is 4.41. The first kappa shape index (κ1) is 16.0. The SMILES string of the molecule is C=CC1=C(N=C)CCN(C(=O)c2nc3c(OC)cccc3[nH]2)[C@@H]1C. The molecule has 2 aromatic rings. The van der Waals surface area contributed by atoms with Gasteiger partial charge in [-0.3, -0.25) is 9.79 Å². The zero-order chi connectivity index (χ0) is 17.3. The zero-order valence-electron chi connectivity index (χ0n) is 13.9. The van der Waals surface area contributed by atoms with Crippen molar-refractivity contribution < 1.29 is 9.53 Å². The molecule has 1 aliphatic heterocycles. The summed E-state index contributed by atoms with van der Waals surface area (Å²) in [5.41, 5.74) is 3.25. The van der Waals surface area contributed by atoms with Crippen LogP contribution < -0.4 is 4.74 Å². The van der Waals surface area contributed by atoms with Crippen molar-refractivity contribution in [1.29, 1.82) is 0 Å². The lowest BCUT2D eigenvalue weighted by molar-refractivity contribution is 0.0698. The van der Waals surface area contributed by atoms with Crippen LogP contribution in [-0.4, -0.2) is 47.2 Å². The van der Waals surface area contributed by atoms with E-state index < -0.39 is 0 Å². The molecule has 1 atom stereocenters. The van der Waals surface area contributed by atoms with Crippen molar-refractivity contribution in [1.82, 2.24) is 14.9 Å². The number of hydrogen-bond acceptors (Lipinski definition) is 4. The average Bonchev–Trinajstić information content (AvgIpc) is 3.04. The van der Waals surface area contributed by atoms with Gasteiger partial charge in [0.25, 0.3) is 5.91 Å². The Bertz CT molecular complexity index is 850. The number of aromatic nitrogens is 2. The summed E-state index contributed by atoms with van der Waals surface area (Å²) < 4.78 is 5.30. The van der Waals surface area contributed by atoms with Gasteiger partial charge in [0, 0.05) is 18.7 Å². The number of ether oxygens (including phenoxy) is 1. The third kappa shape index (κ3) is 2.50. The maximum Gasteiger partial charge on any atom is 0.290 e. The largest absolute Gasteiger partial charge is 0.494 e. The highest BCUT2D eigenvalue weighted by molar-refractivity contribution is 5.96. The number of para-hydroxylation sites is 1. The number of nitrogens with zero attached hydrogens (tertiary/aromatic N) is 3. The smallest absolute Gasteiger partial charge is 0.290 e. The predicted octanol–water partition coefficient (Wildman–Crippen LogP) is 2.95. The summed E-state index contributed by atoms with van der Waals surface area (Å²) in [7, 11) is 1.59. The molecule has 124 valence electrons. The molecule has 0 saturated carbocycles. The summed E-state index contributed by atoms with van der Waals surface area (Å²) in [5, 5.41) is 0. The van der Waals surface area contributed by atoms with Crippen molar-refractivity contribution in [2.45, 2.75) is 19.4 Å². The second kappa shape index (κ2) is 6.31. The Morgan fingerprint density at radius 3 is 3.00 bits per heavy atom. The topological polar surface area (TPSA) is 70.6 Å². The Balaban J connectivity index is 1.96. The lowest BCUT2D eigenvalue weighted by Gasteiger charge is -2.34. The molecule has 24 heavy (non-hydrogen) atoms. The molecule has 1 aromatic carbocycles. The second-order valence-corrected chi connectivity index (χ2v) is 5.63. The standard InChI is InChI=1S/C18H20N4O2/c1-5-12-11(2)22(10-9-13(12)19-3)18(23)17-20-14-7-6-8-15(24-4)16(14)21-17/h5-8,11H,1,3,9-10H2,2,4H3,(H,20,21)/t11-/m1/s1. The van der Waals surface area contributed by atoms with Gasteiger partial charge in [-0.25, -0.2) is 4.98 Å². The number of fused-ring (bicyclic) bond motifs is 1. The minimum Gasteiger partial charge on any atom is -0.494 e. The number of carbonyl (C=O) groups excluding carboxylic acids is 1. The average molecular weight is 324 g/mol. The maximum atomic E-state index is 12.9. The highest BCUT2D eigenvalue weighted by atomic mass is 16.5. The fourth-order valence-corrected chi connectivity index (χ4v) is 3.12. The van der Waals surface area contributed by atoms with Crippen LogP contribution in [0.25, 0.3) is 11.0 Å². The Morgan fingerprint density at radius 2 is 2.33 bits per heavy atom. The molecule has 6 nitrogen and oxygen atoms in total. The number of nitrogens with one attached hydrogen (secondary N) is 1.